The maximum atomic E-state index is 5.75. The van der Waals surface area contributed by atoms with Gasteiger partial charge in [0.2, 0.25) is 5.95 Å². The molecule has 1 aliphatic heterocycles. The summed E-state index contributed by atoms with van der Waals surface area (Å²) < 4.78 is 0. The van der Waals surface area contributed by atoms with Crippen molar-refractivity contribution >= 4 is 29.3 Å². The number of benzene rings is 1. The molecule has 0 spiro atoms. The Labute approximate surface area is 106 Å². The molecule has 1 atom stereocenters. The van der Waals surface area contributed by atoms with E-state index in [4.69, 9.17) is 5.73 Å². The summed E-state index contributed by atoms with van der Waals surface area (Å²) in [4.78, 5) is 8.66. The van der Waals surface area contributed by atoms with Crippen molar-refractivity contribution in [2.24, 2.45) is 0 Å². The average Bonchev–Trinajstić information content (AvgIpc) is 2.81. The Hall–Kier alpha value is -1.39. The van der Waals surface area contributed by atoms with Crippen LogP contribution in [0.5, 0.6) is 0 Å². The van der Waals surface area contributed by atoms with Crippen LogP contribution in [0.15, 0.2) is 24.3 Å². The number of nitrogens with two attached hydrogens (primary N) is 1. The average molecular weight is 251 g/mol. The van der Waals surface area contributed by atoms with Crippen molar-refractivity contribution < 1.29 is 0 Å². The molecule has 0 amide bonds. The van der Waals surface area contributed by atoms with Crippen LogP contribution >= 0.6 is 12.4 Å². The predicted molar refractivity (Wildman–Crippen MR) is 71.4 cm³/mol. The second-order valence-electron chi connectivity index (χ2n) is 4.17. The highest BCUT2D eigenvalue weighted by Crippen LogP contribution is 2.27. The lowest BCUT2D eigenvalue weighted by molar-refractivity contribution is 0.742. The standard InChI is InChI=1S/C12H14N4.ClH/c13-12-15-10-4-2-1-3-9(10)11(16-12)8-5-6-14-7-8;/h1-4,8,14H,5-7H2,(H2,13,15,16);1H. The molecule has 0 bridgehead atoms. The second kappa shape index (κ2) is 4.85. The number of fused-ring (bicyclic) bond motifs is 1. The number of nitrogen functional groups attached to an aromatic ring is 1. The Morgan fingerprint density at radius 1 is 1.24 bits per heavy atom. The zero-order valence-corrected chi connectivity index (χ0v) is 10.2. The third-order valence-corrected chi connectivity index (χ3v) is 3.10. The topological polar surface area (TPSA) is 63.8 Å². The first kappa shape index (κ1) is 12.1. The largest absolute Gasteiger partial charge is 0.368 e. The monoisotopic (exact) mass is 250 g/mol. The van der Waals surface area contributed by atoms with Crippen molar-refractivity contribution in [1.29, 1.82) is 0 Å². The highest BCUT2D eigenvalue weighted by atomic mass is 35.5. The van der Waals surface area contributed by atoms with Crippen molar-refractivity contribution in [3.8, 4) is 0 Å². The molecule has 3 N–H and O–H groups in total. The first-order valence-corrected chi connectivity index (χ1v) is 5.57. The van der Waals surface area contributed by atoms with Gasteiger partial charge < -0.3 is 11.1 Å². The van der Waals surface area contributed by atoms with Gasteiger partial charge in [-0.1, -0.05) is 18.2 Å². The molecule has 90 valence electrons. The maximum Gasteiger partial charge on any atom is 0.220 e. The SMILES string of the molecule is Cl.Nc1nc(C2CCNC2)c2ccccc2n1. The van der Waals surface area contributed by atoms with E-state index in [1.54, 1.807) is 0 Å². The molecule has 1 unspecified atom stereocenters. The van der Waals surface area contributed by atoms with E-state index < -0.39 is 0 Å². The van der Waals surface area contributed by atoms with Crippen LogP contribution < -0.4 is 11.1 Å². The number of nitrogens with one attached hydrogen (secondary N) is 1. The number of halogens is 1. The number of anilines is 1. The lowest BCUT2D eigenvalue weighted by Gasteiger charge is -2.11. The summed E-state index contributed by atoms with van der Waals surface area (Å²) in [5.74, 6) is 0.843. The van der Waals surface area contributed by atoms with E-state index in [0.717, 1.165) is 36.1 Å². The number of hydrogen-bond acceptors (Lipinski definition) is 4. The summed E-state index contributed by atoms with van der Waals surface area (Å²) in [6.07, 6.45) is 1.13. The molecular formula is C12H15ClN4. The Balaban J connectivity index is 0.00000108. The Bertz CT molecular complexity index is 523. The molecule has 3 rings (SSSR count). The summed E-state index contributed by atoms with van der Waals surface area (Å²) >= 11 is 0. The normalized spacial score (nSPS) is 19.2. The third-order valence-electron chi connectivity index (χ3n) is 3.10. The van der Waals surface area contributed by atoms with Crippen molar-refractivity contribution in [2.75, 3.05) is 18.8 Å². The highest BCUT2D eigenvalue weighted by Gasteiger charge is 2.20. The molecular weight excluding hydrogens is 236 g/mol. The van der Waals surface area contributed by atoms with Gasteiger partial charge in [-0.3, -0.25) is 0 Å². The summed E-state index contributed by atoms with van der Waals surface area (Å²) in [6.45, 7) is 2.04. The smallest absolute Gasteiger partial charge is 0.220 e. The van der Waals surface area contributed by atoms with Gasteiger partial charge in [0, 0.05) is 17.8 Å². The van der Waals surface area contributed by atoms with Crippen molar-refractivity contribution in [3.63, 3.8) is 0 Å². The van der Waals surface area contributed by atoms with E-state index in [1.807, 2.05) is 18.2 Å². The molecule has 1 aromatic heterocycles. The third kappa shape index (κ3) is 2.18. The Morgan fingerprint density at radius 2 is 2.06 bits per heavy atom. The van der Waals surface area contributed by atoms with Crippen LogP contribution in [0.25, 0.3) is 10.9 Å². The molecule has 0 saturated carbocycles. The molecule has 2 heterocycles. The van der Waals surface area contributed by atoms with E-state index in [0.29, 0.717) is 11.9 Å². The van der Waals surface area contributed by atoms with Crippen LogP contribution in [-0.2, 0) is 0 Å². The van der Waals surface area contributed by atoms with E-state index in [1.165, 1.54) is 0 Å². The number of rotatable bonds is 1. The van der Waals surface area contributed by atoms with Crippen LogP contribution in [-0.4, -0.2) is 23.1 Å². The number of aromatic nitrogens is 2. The minimum atomic E-state index is 0. The van der Waals surface area contributed by atoms with Gasteiger partial charge in [-0.05, 0) is 19.0 Å². The maximum absolute atomic E-state index is 5.75. The molecule has 17 heavy (non-hydrogen) atoms. The minimum Gasteiger partial charge on any atom is -0.368 e. The van der Waals surface area contributed by atoms with Gasteiger partial charge in [-0.2, -0.15) is 0 Å². The quantitative estimate of drug-likeness (QED) is 0.809. The summed E-state index contributed by atoms with van der Waals surface area (Å²) in [5, 5.41) is 4.48. The van der Waals surface area contributed by atoms with E-state index in [9.17, 15) is 0 Å². The number of para-hydroxylation sites is 1. The van der Waals surface area contributed by atoms with Crippen LogP contribution in [0.3, 0.4) is 0 Å². The van der Waals surface area contributed by atoms with E-state index >= 15 is 0 Å². The fourth-order valence-corrected chi connectivity index (χ4v) is 2.32. The molecule has 1 aliphatic rings. The van der Waals surface area contributed by atoms with Gasteiger partial charge in [0.05, 0.1) is 11.2 Å². The van der Waals surface area contributed by atoms with E-state index in [2.05, 4.69) is 21.4 Å². The lowest BCUT2D eigenvalue weighted by Crippen LogP contribution is -2.10. The van der Waals surface area contributed by atoms with E-state index in [-0.39, 0.29) is 12.4 Å². The summed E-state index contributed by atoms with van der Waals surface area (Å²) in [6, 6.07) is 8.06. The van der Waals surface area contributed by atoms with Gasteiger partial charge in [0.25, 0.3) is 0 Å². The minimum absolute atomic E-state index is 0. The molecule has 2 aromatic rings. The molecule has 0 aliphatic carbocycles. The molecule has 1 fully saturated rings. The summed E-state index contributed by atoms with van der Waals surface area (Å²) in [7, 11) is 0. The first-order valence-electron chi connectivity index (χ1n) is 5.57. The van der Waals surface area contributed by atoms with Gasteiger partial charge in [-0.15, -0.1) is 12.4 Å². The fourth-order valence-electron chi connectivity index (χ4n) is 2.32. The summed E-state index contributed by atoms with van der Waals surface area (Å²) in [5.41, 5.74) is 7.78. The zero-order valence-electron chi connectivity index (χ0n) is 9.39. The van der Waals surface area contributed by atoms with Crippen molar-refractivity contribution in [1.82, 2.24) is 15.3 Å². The molecule has 1 saturated heterocycles. The second-order valence-corrected chi connectivity index (χ2v) is 4.17. The highest BCUT2D eigenvalue weighted by molar-refractivity contribution is 5.85. The fraction of sp³-hybridized carbons (Fsp3) is 0.333. The van der Waals surface area contributed by atoms with Crippen molar-refractivity contribution in [2.45, 2.75) is 12.3 Å². The van der Waals surface area contributed by atoms with Gasteiger partial charge >= 0.3 is 0 Å². The van der Waals surface area contributed by atoms with Gasteiger partial charge in [-0.25, -0.2) is 9.97 Å². The number of nitrogens with zero attached hydrogens (tertiary/aromatic N) is 2. The van der Waals surface area contributed by atoms with Gasteiger partial charge in [0.1, 0.15) is 0 Å². The van der Waals surface area contributed by atoms with Crippen LogP contribution in [0, 0.1) is 0 Å². The number of hydrogen-bond donors (Lipinski definition) is 2. The van der Waals surface area contributed by atoms with Crippen LogP contribution in [0.1, 0.15) is 18.0 Å². The molecule has 4 nitrogen and oxygen atoms in total. The lowest BCUT2D eigenvalue weighted by atomic mass is 10.0. The first-order chi connectivity index (χ1) is 7.84. The molecule has 0 radical (unpaired) electrons. The van der Waals surface area contributed by atoms with Crippen molar-refractivity contribution in [3.05, 3.63) is 30.0 Å². The predicted octanol–water partition coefficient (Wildman–Crippen LogP) is 1.71. The molecule has 5 heteroatoms. The Kier molecular flexibility index (Phi) is 3.45. The van der Waals surface area contributed by atoms with Crippen LogP contribution in [0.2, 0.25) is 0 Å². The van der Waals surface area contributed by atoms with Gasteiger partial charge in [0.15, 0.2) is 0 Å². The van der Waals surface area contributed by atoms with Crippen LogP contribution in [0.4, 0.5) is 5.95 Å². The molecule has 1 aromatic carbocycles. The zero-order chi connectivity index (χ0) is 11.0. The Morgan fingerprint density at radius 3 is 2.82 bits per heavy atom.